The fourth-order valence-corrected chi connectivity index (χ4v) is 2.00. The standard InChI is InChI=1S/C14H22N4O/c1-17(2)13-5-3-4-12(10-13)11-16-14(15)18-6-8-19-9-7-18/h3-5,10H,6-9,11H2,1-2H3,(H2,15,16). The lowest BCUT2D eigenvalue weighted by Gasteiger charge is -2.27. The zero-order valence-corrected chi connectivity index (χ0v) is 11.7. The van der Waals surface area contributed by atoms with Crippen LogP contribution in [-0.4, -0.2) is 51.3 Å². The van der Waals surface area contributed by atoms with Crippen molar-refractivity contribution in [2.75, 3.05) is 45.3 Å². The molecule has 19 heavy (non-hydrogen) atoms. The summed E-state index contributed by atoms with van der Waals surface area (Å²) in [5, 5.41) is 0. The summed E-state index contributed by atoms with van der Waals surface area (Å²) in [5.41, 5.74) is 8.35. The van der Waals surface area contributed by atoms with Gasteiger partial charge in [-0.05, 0) is 17.7 Å². The Kier molecular flexibility index (Phi) is 4.63. The predicted molar refractivity (Wildman–Crippen MR) is 78.5 cm³/mol. The highest BCUT2D eigenvalue weighted by molar-refractivity contribution is 5.78. The molecule has 2 N–H and O–H groups in total. The zero-order chi connectivity index (χ0) is 13.7. The summed E-state index contributed by atoms with van der Waals surface area (Å²) in [6.07, 6.45) is 0. The summed E-state index contributed by atoms with van der Waals surface area (Å²) < 4.78 is 5.30. The molecule has 1 aromatic rings. The van der Waals surface area contributed by atoms with Crippen LogP contribution in [-0.2, 0) is 11.3 Å². The molecule has 2 rings (SSSR count). The molecule has 0 radical (unpaired) electrons. The molecule has 1 fully saturated rings. The predicted octanol–water partition coefficient (Wildman–Crippen LogP) is 0.900. The first-order valence-corrected chi connectivity index (χ1v) is 6.55. The van der Waals surface area contributed by atoms with Gasteiger partial charge in [0.15, 0.2) is 5.96 Å². The SMILES string of the molecule is CN(C)c1cccc(CN=C(N)N2CCOCC2)c1. The van der Waals surface area contributed by atoms with E-state index in [1.54, 1.807) is 0 Å². The summed E-state index contributed by atoms with van der Waals surface area (Å²) in [6.45, 7) is 3.73. The quantitative estimate of drug-likeness (QED) is 0.649. The van der Waals surface area contributed by atoms with E-state index in [1.807, 2.05) is 20.2 Å². The van der Waals surface area contributed by atoms with Crippen molar-refractivity contribution in [2.24, 2.45) is 10.7 Å². The number of ether oxygens (including phenoxy) is 1. The molecular formula is C14H22N4O. The minimum Gasteiger partial charge on any atom is -0.378 e. The van der Waals surface area contributed by atoms with E-state index in [1.165, 1.54) is 11.3 Å². The van der Waals surface area contributed by atoms with E-state index < -0.39 is 0 Å². The first-order chi connectivity index (χ1) is 9.16. The largest absolute Gasteiger partial charge is 0.378 e. The van der Waals surface area contributed by atoms with Crippen LogP contribution in [0.25, 0.3) is 0 Å². The lowest BCUT2D eigenvalue weighted by atomic mass is 10.2. The number of hydrogen-bond donors (Lipinski definition) is 1. The van der Waals surface area contributed by atoms with E-state index in [9.17, 15) is 0 Å². The lowest BCUT2D eigenvalue weighted by Crippen LogP contribution is -2.44. The van der Waals surface area contributed by atoms with Gasteiger partial charge in [0.25, 0.3) is 0 Å². The molecular weight excluding hydrogens is 240 g/mol. The molecule has 0 aromatic heterocycles. The van der Waals surface area contributed by atoms with Crippen LogP contribution < -0.4 is 10.6 Å². The Balaban J connectivity index is 1.98. The molecule has 0 spiro atoms. The molecule has 0 amide bonds. The number of nitrogens with zero attached hydrogens (tertiary/aromatic N) is 3. The maximum absolute atomic E-state index is 6.00. The Labute approximate surface area is 114 Å². The molecule has 1 aromatic carbocycles. The number of anilines is 1. The molecule has 0 saturated carbocycles. The van der Waals surface area contributed by atoms with E-state index in [-0.39, 0.29) is 0 Å². The highest BCUT2D eigenvalue weighted by Gasteiger charge is 2.11. The van der Waals surface area contributed by atoms with Crippen molar-refractivity contribution in [1.29, 1.82) is 0 Å². The highest BCUT2D eigenvalue weighted by atomic mass is 16.5. The number of morpholine rings is 1. The third kappa shape index (κ3) is 3.86. The summed E-state index contributed by atoms with van der Waals surface area (Å²) in [6, 6.07) is 8.34. The third-order valence-electron chi connectivity index (χ3n) is 3.19. The van der Waals surface area contributed by atoms with E-state index in [0.29, 0.717) is 12.5 Å². The first-order valence-electron chi connectivity index (χ1n) is 6.55. The van der Waals surface area contributed by atoms with Crippen LogP contribution in [0.5, 0.6) is 0 Å². The maximum atomic E-state index is 6.00. The van der Waals surface area contributed by atoms with Gasteiger partial charge in [0.1, 0.15) is 0 Å². The van der Waals surface area contributed by atoms with Crippen molar-refractivity contribution in [3.63, 3.8) is 0 Å². The Morgan fingerprint density at radius 1 is 1.37 bits per heavy atom. The first kappa shape index (κ1) is 13.7. The van der Waals surface area contributed by atoms with Gasteiger partial charge in [-0.1, -0.05) is 12.1 Å². The normalized spacial score (nSPS) is 16.5. The van der Waals surface area contributed by atoms with Crippen molar-refractivity contribution in [2.45, 2.75) is 6.54 Å². The molecule has 104 valence electrons. The summed E-state index contributed by atoms with van der Waals surface area (Å²) in [5.74, 6) is 0.610. The van der Waals surface area contributed by atoms with Crippen molar-refractivity contribution < 1.29 is 4.74 Å². The van der Waals surface area contributed by atoms with Gasteiger partial charge in [0.05, 0.1) is 19.8 Å². The second-order valence-electron chi connectivity index (χ2n) is 4.84. The molecule has 1 aliphatic rings. The summed E-state index contributed by atoms with van der Waals surface area (Å²) >= 11 is 0. The molecule has 5 nitrogen and oxygen atoms in total. The summed E-state index contributed by atoms with van der Waals surface area (Å²) in [7, 11) is 4.06. The maximum Gasteiger partial charge on any atom is 0.191 e. The number of benzene rings is 1. The third-order valence-corrected chi connectivity index (χ3v) is 3.19. The van der Waals surface area contributed by atoms with Crippen LogP contribution in [0.1, 0.15) is 5.56 Å². The molecule has 0 atom stereocenters. The van der Waals surface area contributed by atoms with Crippen molar-refractivity contribution in [3.8, 4) is 0 Å². The molecule has 1 saturated heterocycles. The Morgan fingerprint density at radius 3 is 2.79 bits per heavy atom. The van der Waals surface area contributed by atoms with Crippen LogP contribution in [0.3, 0.4) is 0 Å². The monoisotopic (exact) mass is 262 g/mol. The Hall–Kier alpha value is -1.75. The van der Waals surface area contributed by atoms with E-state index in [4.69, 9.17) is 10.5 Å². The second kappa shape index (κ2) is 6.43. The molecule has 5 heteroatoms. The van der Waals surface area contributed by atoms with Crippen molar-refractivity contribution >= 4 is 11.6 Å². The lowest BCUT2D eigenvalue weighted by molar-refractivity contribution is 0.0674. The van der Waals surface area contributed by atoms with Gasteiger partial charge >= 0.3 is 0 Å². The second-order valence-corrected chi connectivity index (χ2v) is 4.84. The van der Waals surface area contributed by atoms with Crippen LogP contribution in [0.2, 0.25) is 0 Å². The fraction of sp³-hybridized carbons (Fsp3) is 0.500. The minimum atomic E-state index is 0.610. The van der Waals surface area contributed by atoms with Crippen LogP contribution in [0.15, 0.2) is 29.3 Å². The number of nitrogens with two attached hydrogens (primary N) is 1. The average Bonchev–Trinajstić information content (AvgIpc) is 2.46. The molecule has 0 bridgehead atoms. The molecule has 1 heterocycles. The molecule has 1 aliphatic heterocycles. The smallest absolute Gasteiger partial charge is 0.191 e. The molecule has 0 aliphatic carbocycles. The van der Waals surface area contributed by atoms with Gasteiger partial charge < -0.3 is 20.3 Å². The number of hydrogen-bond acceptors (Lipinski definition) is 3. The number of rotatable bonds is 3. The van der Waals surface area contributed by atoms with Crippen LogP contribution in [0, 0.1) is 0 Å². The summed E-state index contributed by atoms with van der Waals surface area (Å²) in [4.78, 5) is 8.62. The van der Waals surface area contributed by atoms with E-state index in [2.05, 4.69) is 33.0 Å². The number of guanidine groups is 1. The van der Waals surface area contributed by atoms with Gasteiger partial charge in [-0.15, -0.1) is 0 Å². The Morgan fingerprint density at radius 2 is 2.11 bits per heavy atom. The van der Waals surface area contributed by atoms with Crippen LogP contribution in [0.4, 0.5) is 5.69 Å². The highest BCUT2D eigenvalue weighted by Crippen LogP contribution is 2.14. The van der Waals surface area contributed by atoms with Gasteiger partial charge in [-0.2, -0.15) is 0 Å². The van der Waals surface area contributed by atoms with Crippen molar-refractivity contribution in [3.05, 3.63) is 29.8 Å². The topological polar surface area (TPSA) is 54.1 Å². The van der Waals surface area contributed by atoms with Gasteiger partial charge in [-0.25, -0.2) is 4.99 Å². The minimum absolute atomic E-state index is 0.610. The number of aliphatic imine (C=N–C) groups is 1. The van der Waals surface area contributed by atoms with Crippen LogP contribution >= 0.6 is 0 Å². The van der Waals surface area contributed by atoms with Gasteiger partial charge in [-0.3, -0.25) is 0 Å². The average molecular weight is 262 g/mol. The fourth-order valence-electron chi connectivity index (χ4n) is 2.00. The van der Waals surface area contributed by atoms with E-state index in [0.717, 1.165) is 26.3 Å². The van der Waals surface area contributed by atoms with Crippen molar-refractivity contribution in [1.82, 2.24) is 4.90 Å². The van der Waals surface area contributed by atoms with E-state index >= 15 is 0 Å². The Bertz CT molecular complexity index is 439. The van der Waals surface area contributed by atoms with Gasteiger partial charge in [0.2, 0.25) is 0 Å². The van der Waals surface area contributed by atoms with Gasteiger partial charge in [0, 0.05) is 32.9 Å². The molecule has 0 unspecified atom stereocenters. The zero-order valence-electron chi connectivity index (χ0n) is 11.7.